The third-order valence-electron chi connectivity index (χ3n) is 3.99. The van der Waals surface area contributed by atoms with Gasteiger partial charge in [-0.25, -0.2) is 9.80 Å². The zero-order valence-corrected chi connectivity index (χ0v) is 13.9. The summed E-state index contributed by atoms with van der Waals surface area (Å²) in [7, 11) is 0. The number of amides is 1. The molecule has 0 aliphatic carbocycles. The highest BCUT2D eigenvalue weighted by Gasteiger charge is 2.35. The van der Waals surface area contributed by atoms with Crippen molar-refractivity contribution in [2.75, 3.05) is 45.9 Å². The van der Waals surface area contributed by atoms with Crippen molar-refractivity contribution in [2.45, 2.75) is 44.8 Å². The molecule has 0 spiro atoms. The van der Waals surface area contributed by atoms with Gasteiger partial charge in [-0.15, -0.1) is 0 Å². The Hall–Kier alpha value is -0.890. The van der Waals surface area contributed by atoms with Gasteiger partial charge in [-0.05, 0) is 33.6 Å². The third kappa shape index (κ3) is 5.39. The molecule has 2 N–H and O–H groups in total. The summed E-state index contributed by atoms with van der Waals surface area (Å²) < 4.78 is 10.7. The van der Waals surface area contributed by atoms with E-state index in [0.717, 1.165) is 26.3 Å². The molecule has 128 valence electrons. The van der Waals surface area contributed by atoms with Crippen molar-refractivity contribution >= 4 is 6.09 Å². The van der Waals surface area contributed by atoms with Gasteiger partial charge in [0.25, 0.3) is 0 Å². The van der Waals surface area contributed by atoms with Crippen LogP contribution < -0.4 is 5.43 Å². The minimum atomic E-state index is -0.767. The second-order valence-corrected chi connectivity index (χ2v) is 7.13. The van der Waals surface area contributed by atoms with Crippen LogP contribution in [0.3, 0.4) is 0 Å². The molecule has 2 rings (SSSR count). The van der Waals surface area contributed by atoms with Gasteiger partial charge in [0.15, 0.2) is 0 Å². The van der Waals surface area contributed by atoms with Crippen molar-refractivity contribution in [3.8, 4) is 0 Å². The van der Waals surface area contributed by atoms with Gasteiger partial charge in [0.1, 0.15) is 5.60 Å². The highest BCUT2D eigenvalue weighted by atomic mass is 16.6. The van der Waals surface area contributed by atoms with Crippen molar-refractivity contribution in [1.82, 2.24) is 15.3 Å². The zero-order valence-electron chi connectivity index (χ0n) is 13.9. The van der Waals surface area contributed by atoms with E-state index in [0.29, 0.717) is 32.5 Å². The van der Waals surface area contributed by atoms with Crippen LogP contribution in [0.25, 0.3) is 0 Å². The molecule has 0 saturated carbocycles. The fourth-order valence-corrected chi connectivity index (χ4v) is 2.59. The first kappa shape index (κ1) is 17.5. The average molecular weight is 315 g/mol. The summed E-state index contributed by atoms with van der Waals surface area (Å²) in [5.74, 6) is 0. The number of ether oxygens (including phenoxy) is 2. The lowest BCUT2D eigenvalue weighted by Crippen LogP contribution is -2.56. The van der Waals surface area contributed by atoms with Gasteiger partial charge in [0, 0.05) is 32.7 Å². The van der Waals surface area contributed by atoms with E-state index in [1.807, 2.05) is 20.8 Å². The molecule has 0 radical (unpaired) electrons. The van der Waals surface area contributed by atoms with Gasteiger partial charge in [-0.2, -0.15) is 0 Å². The molecule has 2 heterocycles. The van der Waals surface area contributed by atoms with Gasteiger partial charge in [-0.3, -0.25) is 5.43 Å². The van der Waals surface area contributed by atoms with Gasteiger partial charge in [0.2, 0.25) is 0 Å². The lowest BCUT2D eigenvalue weighted by atomic mass is 9.92. The molecule has 2 aliphatic rings. The predicted molar refractivity (Wildman–Crippen MR) is 82.4 cm³/mol. The molecule has 7 heteroatoms. The number of hydrogen-bond acceptors (Lipinski definition) is 6. The van der Waals surface area contributed by atoms with E-state index >= 15 is 0 Å². The number of nitrogens with zero attached hydrogens (tertiary/aromatic N) is 2. The van der Waals surface area contributed by atoms with E-state index in [-0.39, 0.29) is 6.09 Å². The molecule has 0 unspecified atom stereocenters. The summed E-state index contributed by atoms with van der Waals surface area (Å²) in [6.45, 7) is 10.2. The number of hydrazine groups is 1. The average Bonchev–Trinajstić information content (AvgIpc) is 2.45. The zero-order chi connectivity index (χ0) is 16.2. The second-order valence-electron chi connectivity index (χ2n) is 7.13. The van der Waals surface area contributed by atoms with E-state index in [1.165, 1.54) is 0 Å². The van der Waals surface area contributed by atoms with Crippen molar-refractivity contribution in [1.29, 1.82) is 0 Å². The number of nitrogens with one attached hydrogen (secondary N) is 1. The topological polar surface area (TPSA) is 74.3 Å². The first-order valence-corrected chi connectivity index (χ1v) is 8.04. The Kier molecular flexibility index (Phi) is 5.65. The standard InChI is InChI=1S/C15H29N3O4/c1-14(2,3)22-13(19)17-6-4-15(20,5-7-17)12-16-18-8-10-21-11-9-18/h16,20H,4-12H2,1-3H3. The first-order chi connectivity index (χ1) is 10.3. The summed E-state index contributed by atoms with van der Waals surface area (Å²) in [6.07, 6.45) is 0.823. The molecule has 7 nitrogen and oxygen atoms in total. The Bertz CT molecular complexity index is 369. The number of piperidine rings is 1. The van der Waals surface area contributed by atoms with E-state index in [4.69, 9.17) is 9.47 Å². The van der Waals surface area contributed by atoms with Crippen LogP contribution in [0.15, 0.2) is 0 Å². The fourth-order valence-electron chi connectivity index (χ4n) is 2.59. The molecule has 22 heavy (non-hydrogen) atoms. The van der Waals surface area contributed by atoms with Crippen LogP contribution in [-0.2, 0) is 9.47 Å². The molecule has 2 saturated heterocycles. The van der Waals surface area contributed by atoms with Gasteiger partial charge >= 0.3 is 6.09 Å². The summed E-state index contributed by atoms with van der Waals surface area (Å²) in [5, 5.41) is 12.7. The quantitative estimate of drug-likeness (QED) is 0.794. The van der Waals surface area contributed by atoms with Crippen molar-refractivity contribution in [3.63, 3.8) is 0 Å². The Morgan fingerprint density at radius 2 is 1.82 bits per heavy atom. The monoisotopic (exact) mass is 315 g/mol. The van der Waals surface area contributed by atoms with E-state index in [2.05, 4.69) is 10.4 Å². The van der Waals surface area contributed by atoms with Crippen molar-refractivity contribution < 1.29 is 19.4 Å². The number of aliphatic hydroxyl groups is 1. The number of rotatable bonds is 3. The molecule has 0 bridgehead atoms. The Morgan fingerprint density at radius 3 is 2.36 bits per heavy atom. The van der Waals surface area contributed by atoms with Crippen LogP contribution in [-0.4, -0.2) is 78.2 Å². The summed E-state index contributed by atoms with van der Waals surface area (Å²) in [5.41, 5.74) is 2.03. The molecular formula is C15H29N3O4. The van der Waals surface area contributed by atoms with Crippen LogP contribution in [0.4, 0.5) is 4.79 Å². The number of hydrogen-bond donors (Lipinski definition) is 2. The molecule has 2 fully saturated rings. The molecule has 0 atom stereocenters. The third-order valence-corrected chi connectivity index (χ3v) is 3.99. The van der Waals surface area contributed by atoms with Crippen LogP contribution in [0.2, 0.25) is 0 Å². The summed E-state index contributed by atoms with van der Waals surface area (Å²) >= 11 is 0. The van der Waals surface area contributed by atoms with E-state index in [9.17, 15) is 9.90 Å². The number of likely N-dealkylation sites (tertiary alicyclic amines) is 1. The number of carbonyl (C=O) groups excluding carboxylic acids is 1. The lowest BCUT2D eigenvalue weighted by Gasteiger charge is -2.40. The highest BCUT2D eigenvalue weighted by molar-refractivity contribution is 5.68. The van der Waals surface area contributed by atoms with Gasteiger partial charge in [-0.1, -0.05) is 0 Å². The van der Waals surface area contributed by atoms with E-state index < -0.39 is 11.2 Å². The lowest BCUT2D eigenvalue weighted by molar-refractivity contribution is -0.0527. The van der Waals surface area contributed by atoms with E-state index in [1.54, 1.807) is 4.90 Å². The normalized spacial score (nSPS) is 23.4. The Balaban J connectivity index is 1.74. The molecule has 0 aromatic heterocycles. The van der Waals surface area contributed by atoms with Crippen LogP contribution in [0, 0.1) is 0 Å². The van der Waals surface area contributed by atoms with Crippen LogP contribution >= 0.6 is 0 Å². The molecule has 2 aliphatic heterocycles. The second kappa shape index (κ2) is 7.12. The van der Waals surface area contributed by atoms with Crippen LogP contribution in [0.5, 0.6) is 0 Å². The van der Waals surface area contributed by atoms with Gasteiger partial charge < -0.3 is 19.5 Å². The summed E-state index contributed by atoms with van der Waals surface area (Å²) in [6, 6.07) is 0. The number of morpholine rings is 1. The maximum Gasteiger partial charge on any atom is 0.410 e. The Morgan fingerprint density at radius 1 is 1.23 bits per heavy atom. The SMILES string of the molecule is CC(C)(C)OC(=O)N1CCC(O)(CNN2CCOCC2)CC1. The Labute approximate surface area is 132 Å². The highest BCUT2D eigenvalue weighted by Crippen LogP contribution is 2.23. The molecule has 0 aromatic rings. The molecule has 0 aromatic carbocycles. The molecule has 1 amide bonds. The van der Waals surface area contributed by atoms with Crippen molar-refractivity contribution in [3.05, 3.63) is 0 Å². The fraction of sp³-hybridized carbons (Fsp3) is 0.933. The minimum Gasteiger partial charge on any atom is -0.444 e. The largest absolute Gasteiger partial charge is 0.444 e. The maximum atomic E-state index is 12.0. The predicted octanol–water partition coefficient (Wildman–Crippen LogP) is 0.585. The summed E-state index contributed by atoms with van der Waals surface area (Å²) in [4.78, 5) is 13.7. The van der Waals surface area contributed by atoms with Crippen LogP contribution in [0.1, 0.15) is 33.6 Å². The maximum absolute atomic E-state index is 12.0. The molecular weight excluding hydrogens is 286 g/mol. The first-order valence-electron chi connectivity index (χ1n) is 8.04. The van der Waals surface area contributed by atoms with Gasteiger partial charge in [0.05, 0.1) is 18.8 Å². The minimum absolute atomic E-state index is 0.296. The number of carbonyl (C=O) groups is 1. The van der Waals surface area contributed by atoms with Crippen molar-refractivity contribution in [2.24, 2.45) is 0 Å². The smallest absolute Gasteiger partial charge is 0.410 e.